The Hall–Kier alpha value is -0.0800. The maximum atomic E-state index is 5.42. The first-order valence-corrected chi connectivity index (χ1v) is 6.27. The summed E-state index contributed by atoms with van der Waals surface area (Å²) in [5, 5.41) is 0. The number of rotatable bonds is 5. The largest absolute Gasteiger partial charge is 0.382 e. The second kappa shape index (κ2) is 4.63. The van der Waals surface area contributed by atoms with Crippen LogP contribution < -0.4 is 0 Å². The van der Waals surface area contributed by atoms with Crippen LogP contribution in [0, 0.1) is 5.92 Å². The van der Waals surface area contributed by atoms with Crippen LogP contribution in [0.5, 0.6) is 0 Å². The summed E-state index contributed by atoms with van der Waals surface area (Å²) in [5.41, 5.74) is 0. The molecule has 3 heterocycles. The summed E-state index contributed by atoms with van der Waals surface area (Å²) >= 11 is 0. The Morgan fingerprint density at radius 1 is 1.14 bits per heavy atom. The fraction of sp³-hybridized carbons (Fsp3) is 1.00. The minimum Gasteiger partial charge on any atom is -0.382 e. The number of nitrogens with zero attached hydrogens (tertiary/aromatic N) is 1. The molecule has 0 radical (unpaired) electrons. The van der Waals surface area contributed by atoms with E-state index in [1.807, 2.05) is 0 Å². The van der Waals surface area contributed by atoms with Gasteiger partial charge in [-0.15, -0.1) is 0 Å². The lowest BCUT2D eigenvalue weighted by atomic mass is 9.85. The van der Waals surface area contributed by atoms with Gasteiger partial charge in [-0.1, -0.05) is 0 Å². The van der Waals surface area contributed by atoms with Crippen molar-refractivity contribution in [2.75, 3.05) is 39.4 Å². The highest BCUT2D eigenvalue weighted by molar-refractivity contribution is 4.71. The molecule has 0 aromatic carbocycles. The van der Waals surface area contributed by atoms with Crippen molar-refractivity contribution >= 4 is 0 Å². The topological polar surface area (TPSA) is 9.23 Å². The summed E-state index contributed by atoms with van der Waals surface area (Å²) in [4.78, 5) is 0. The highest BCUT2D eigenvalue weighted by Crippen LogP contribution is 2.33. The van der Waals surface area contributed by atoms with Crippen LogP contribution in [-0.4, -0.2) is 43.9 Å². The summed E-state index contributed by atoms with van der Waals surface area (Å²) in [6, 6.07) is 0. The molecule has 3 rings (SSSR count). The molecule has 82 valence electrons. The molecule has 2 nitrogen and oxygen atoms in total. The highest BCUT2D eigenvalue weighted by atomic mass is 16.5. The molecule has 0 atom stereocenters. The van der Waals surface area contributed by atoms with E-state index in [1.165, 1.54) is 56.3 Å². The van der Waals surface area contributed by atoms with E-state index < -0.39 is 0 Å². The van der Waals surface area contributed by atoms with Crippen molar-refractivity contribution in [3.63, 3.8) is 0 Å². The first-order valence-electron chi connectivity index (χ1n) is 6.27. The zero-order chi connectivity index (χ0) is 9.86. The van der Waals surface area contributed by atoms with Gasteiger partial charge in [0, 0.05) is 13.0 Å². The summed E-state index contributed by atoms with van der Waals surface area (Å²) in [7, 11) is 0. The lowest BCUT2D eigenvalue weighted by Crippen LogP contribution is -2.58. The van der Waals surface area contributed by atoms with Crippen LogP contribution in [0.2, 0.25) is 0 Å². The third-order valence-electron chi connectivity index (χ3n) is 4.16. The molecule has 0 saturated carbocycles. The van der Waals surface area contributed by atoms with Crippen molar-refractivity contribution in [1.29, 1.82) is 0 Å². The Kier molecular flexibility index (Phi) is 3.45. The molecule has 3 fully saturated rings. The number of hydrogen-bond donors (Lipinski definition) is 0. The zero-order valence-corrected chi connectivity index (χ0v) is 9.50. The molecule has 3 aliphatic heterocycles. The summed E-state index contributed by atoms with van der Waals surface area (Å²) in [5.74, 6) is 1.09. The molecule has 3 aliphatic rings. The predicted molar refractivity (Wildman–Crippen MR) is 58.2 cm³/mol. The normalized spacial score (nSPS) is 36.2. The van der Waals surface area contributed by atoms with Crippen molar-refractivity contribution < 1.29 is 9.22 Å². The van der Waals surface area contributed by atoms with E-state index in [0.29, 0.717) is 0 Å². The Morgan fingerprint density at radius 3 is 2.36 bits per heavy atom. The van der Waals surface area contributed by atoms with Gasteiger partial charge in [-0.25, -0.2) is 0 Å². The van der Waals surface area contributed by atoms with Gasteiger partial charge >= 0.3 is 0 Å². The van der Waals surface area contributed by atoms with E-state index in [0.717, 1.165) is 19.1 Å². The number of quaternary nitrogens is 1. The average molecular weight is 198 g/mol. The first-order chi connectivity index (χ1) is 6.85. The van der Waals surface area contributed by atoms with Crippen LogP contribution in [0.15, 0.2) is 0 Å². The minimum atomic E-state index is 0.877. The van der Waals surface area contributed by atoms with Gasteiger partial charge in [0.1, 0.15) is 0 Å². The van der Waals surface area contributed by atoms with Crippen LogP contribution in [-0.2, 0) is 4.74 Å². The van der Waals surface area contributed by atoms with Crippen LogP contribution >= 0.6 is 0 Å². The third kappa shape index (κ3) is 2.29. The predicted octanol–water partition coefficient (Wildman–Crippen LogP) is 2.04. The molecule has 0 unspecified atom stereocenters. The minimum absolute atomic E-state index is 0.877. The Morgan fingerprint density at radius 2 is 1.79 bits per heavy atom. The van der Waals surface area contributed by atoms with Gasteiger partial charge in [-0.2, -0.15) is 0 Å². The highest BCUT2D eigenvalue weighted by Gasteiger charge is 2.38. The SMILES string of the molecule is CCOCCC[N+]12CCC(CC1)CC2. The van der Waals surface area contributed by atoms with E-state index in [9.17, 15) is 0 Å². The van der Waals surface area contributed by atoms with E-state index in [2.05, 4.69) is 6.92 Å². The number of fused-ring (bicyclic) bond motifs is 3. The lowest BCUT2D eigenvalue weighted by molar-refractivity contribution is -0.942. The summed E-state index contributed by atoms with van der Waals surface area (Å²) in [6.45, 7) is 9.66. The van der Waals surface area contributed by atoms with Crippen LogP contribution in [0.4, 0.5) is 0 Å². The molecule has 0 aromatic rings. The molecular weight excluding hydrogens is 174 g/mol. The van der Waals surface area contributed by atoms with Gasteiger partial charge in [0.05, 0.1) is 32.8 Å². The summed E-state index contributed by atoms with van der Waals surface area (Å²) in [6.07, 6.45) is 5.75. The van der Waals surface area contributed by atoms with Crippen LogP contribution in [0.25, 0.3) is 0 Å². The molecule has 0 aromatic heterocycles. The monoisotopic (exact) mass is 198 g/mol. The van der Waals surface area contributed by atoms with Crippen LogP contribution in [0.1, 0.15) is 32.6 Å². The second-order valence-corrected chi connectivity index (χ2v) is 5.02. The Balaban J connectivity index is 1.72. The first kappa shape index (κ1) is 10.4. The molecule has 0 aliphatic carbocycles. The maximum absolute atomic E-state index is 5.42. The molecule has 0 N–H and O–H groups in total. The van der Waals surface area contributed by atoms with E-state index in [1.54, 1.807) is 0 Å². The van der Waals surface area contributed by atoms with E-state index >= 15 is 0 Å². The van der Waals surface area contributed by atoms with Crippen molar-refractivity contribution in [2.24, 2.45) is 5.92 Å². The fourth-order valence-electron chi connectivity index (χ4n) is 3.12. The smallest absolute Gasteiger partial charge is 0.0808 e. The molecule has 2 heteroatoms. The molecule has 2 bridgehead atoms. The standard InChI is InChI=1S/C12H24NO/c1-2-14-11-3-7-13-8-4-12(5-9-13)6-10-13/h12H,2-11H2,1H3/q+1. The van der Waals surface area contributed by atoms with Gasteiger partial charge in [0.25, 0.3) is 0 Å². The second-order valence-electron chi connectivity index (χ2n) is 5.02. The quantitative estimate of drug-likeness (QED) is 0.485. The molecule has 0 spiro atoms. The molecule has 3 saturated heterocycles. The van der Waals surface area contributed by atoms with Crippen molar-refractivity contribution in [1.82, 2.24) is 0 Å². The number of piperidine rings is 3. The van der Waals surface area contributed by atoms with E-state index in [-0.39, 0.29) is 0 Å². The van der Waals surface area contributed by atoms with Gasteiger partial charge in [0.2, 0.25) is 0 Å². The fourth-order valence-corrected chi connectivity index (χ4v) is 3.12. The van der Waals surface area contributed by atoms with Crippen molar-refractivity contribution in [2.45, 2.75) is 32.6 Å². The zero-order valence-electron chi connectivity index (χ0n) is 9.50. The average Bonchev–Trinajstić information content (AvgIpc) is 2.27. The van der Waals surface area contributed by atoms with Crippen molar-refractivity contribution in [3.05, 3.63) is 0 Å². The maximum Gasteiger partial charge on any atom is 0.0808 e. The van der Waals surface area contributed by atoms with Gasteiger partial charge < -0.3 is 9.22 Å². The third-order valence-corrected chi connectivity index (χ3v) is 4.16. The molecule has 0 amide bonds. The van der Waals surface area contributed by atoms with Crippen LogP contribution in [0.3, 0.4) is 0 Å². The number of hydrogen-bond acceptors (Lipinski definition) is 1. The molecular formula is C12H24NO+. The number of ether oxygens (including phenoxy) is 1. The van der Waals surface area contributed by atoms with Crippen molar-refractivity contribution in [3.8, 4) is 0 Å². The van der Waals surface area contributed by atoms with Gasteiger partial charge in [-0.05, 0) is 32.1 Å². The van der Waals surface area contributed by atoms with Gasteiger partial charge in [0.15, 0.2) is 0 Å². The Labute approximate surface area is 87.8 Å². The van der Waals surface area contributed by atoms with E-state index in [4.69, 9.17) is 4.74 Å². The lowest BCUT2D eigenvalue weighted by Gasteiger charge is -2.49. The molecule has 14 heavy (non-hydrogen) atoms. The summed E-state index contributed by atoms with van der Waals surface area (Å²) < 4.78 is 6.84. The Bertz CT molecular complexity index is 159. The van der Waals surface area contributed by atoms with Gasteiger partial charge in [-0.3, -0.25) is 0 Å².